The number of hydrogen-bond acceptors (Lipinski definition) is 1. The van der Waals surface area contributed by atoms with Crippen molar-refractivity contribution in [2.45, 2.75) is 39.0 Å². The highest BCUT2D eigenvalue weighted by Gasteiger charge is 2.42. The lowest BCUT2D eigenvalue weighted by atomic mass is 9.62. The summed E-state index contributed by atoms with van der Waals surface area (Å²) in [5.41, 5.74) is 0.00694. The molecule has 66 valence electrons. The van der Waals surface area contributed by atoms with E-state index >= 15 is 0 Å². The van der Waals surface area contributed by atoms with Crippen LogP contribution in [0, 0.1) is 11.3 Å². The lowest BCUT2D eigenvalue weighted by Gasteiger charge is -2.41. The normalized spacial score (nSPS) is 41.1. The van der Waals surface area contributed by atoms with E-state index in [0.717, 1.165) is 12.8 Å². The molecule has 0 radical (unpaired) electrons. The van der Waals surface area contributed by atoms with Gasteiger partial charge >= 0.3 is 0 Å². The number of allylic oxidation sites excluding steroid dienone is 2. The standard InChI is InChI=1S/C11H16O/c1-11-8-3-2-5-9(11)6-4-7-10(11)12/h4,7,9H,2-3,5-6,8H2,1H3. The number of ketones is 1. The highest BCUT2D eigenvalue weighted by Crippen LogP contribution is 2.45. The third-order valence-electron chi connectivity index (χ3n) is 3.65. The van der Waals surface area contributed by atoms with Gasteiger partial charge in [0.25, 0.3) is 0 Å². The minimum atomic E-state index is 0.00694. The molecule has 1 saturated carbocycles. The topological polar surface area (TPSA) is 17.1 Å². The van der Waals surface area contributed by atoms with E-state index in [1.807, 2.05) is 0 Å². The molecule has 0 aromatic heterocycles. The Bertz CT molecular complexity index is 229. The fraction of sp³-hybridized carbons (Fsp3) is 0.727. The summed E-state index contributed by atoms with van der Waals surface area (Å²) in [7, 11) is 0. The van der Waals surface area contributed by atoms with Crippen LogP contribution in [-0.4, -0.2) is 5.78 Å². The molecule has 0 aromatic carbocycles. The molecule has 0 heterocycles. The second kappa shape index (κ2) is 2.72. The molecule has 1 fully saturated rings. The molecule has 1 heteroatoms. The molecule has 0 N–H and O–H groups in total. The van der Waals surface area contributed by atoms with Crippen LogP contribution in [0.1, 0.15) is 39.0 Å². The van der Waals surface area contributed by atoms with E-state index in [-0.39, 0.29) is 5.41 Å². The van der Waals surface area contributed by atoms with E-state index in [0.29, 0.717) is 11.7 Å². The summed E-state index contributed by atoms with van der Waals surface area (Å²) in [6.45, 7) is 2.16. The molecule has 2 unspecified atom stereocenters. The summed E-state index contributed by atoms with van der Waals surface area (Å²) < 4.78 is 0. The van der Waals surface area contributed by atoms with Gasteiger partial charge in [-0.15, -0.1) is 0 Å². The molecular weight excluding hydrogens is 148 g/mol. The Morgan fingerprint density at radius 1 is 1.50 bits per heavy atom. The number of rotatable bonds is 0. The zero-order chi connectivity index (χ0) is 8.60. The molecule has 0 amide bonds. The summed E-state index contributed by atoms with van der Waals surface area (Å²) in [5, 5.41) is 0. The molecule has 2 atom stereocenters. The van der Waals surface area contributed by atoms with Gasteiger partial charge in [-0.3, -0.25) is 4.79 Å². The van der Waals surface area contributed by atoms with Crippen LogP contribution in [0.25, 0.3) is 0 Å². The molecule has 12 heavy (non-hydrogen) atoms. The van der Waals surface area contributed by atoms with Crippen LogP contribution in [0.2, 0.25) is 0 Å². The molecule has 0 aromatic rings. The maximum atomic E-state index is 11.7. The second-order valence-electron chi connectivity index (χ2n) is 4.36. The average molecular weight is 164 g/mol. The van der Waals surface area contributed by atoms with Gasteiger partial charge in [-0.05, 0) is 31.3 Å². The van der Waals surface area contributed by atoms with Crippen LogP contribution in [0.4, 0.5) is 0 Å². The van der Waals surface area contributed by atoms with Crippen LogP contribution in [0.15, 0.2) is 12.2 Å². The Kier molecular flexibility index (Phi) is 1.82. The number of fused-ring (bicyclic) bond motifs is 1. The summed E-state index contributed by atoms with van der Waals surface area (Å²) in [6, 6.07) is 0. The van der Waals surface area contributed by atoms with Crippen LogP contribution in [0.3, 0.4) is 0 Å². The first-order valence-corrected chi connectivity index (χ1v) is 4.94. The van der Waals surface area contributed by atoms with Crippen molar-refractivity contribution >= 4 is 5.78 Å². The lowest BCUT2D eigenvalue weighted by Crippen LogP contribution is -2.39. The first kappa shape index (κ1) is 8.03. The van der Waals surface area contributed by atoms with E-state index < -0.39 is 0 Å². The first-order valence-electron chi connectivity index (χ1n) is 4.94. The van der Waals surface area contributed by atoms with Crippen molar-refractivity contribution in [1.29, 1.82) is 0 Å². The summed E-state index contributed by atoms with van der Waals surface area (Å²) in [4.78, 5) is 11.7. The Morgan fingerprint density at radius 3 is 3.08 bits per heavy atom. The van der Waals surface area contributed by atoms with E-state index in [1.54, 1.807) is 6.08 Å². The Balaban J connectivity index is 2.28. The van der Waals surface area contributed by atoms with Gasteiger partial charge in [0.05, 0.1) is 0 Å². The number of hydrogen-bond donors (Lipinski definition) is 0. The van der Waals surface area contributed by atoms with Crippen molar-refractivity contribution in [3.8, 4) is 0 Å². The first-order chi connectivity index (χ1) is 5.73. The molecule has 1 nitrogen and oxygen atoms in total. The summed E-state index contributed by atoms with van der Waals surface area (Å²) in [5.74, 6) is 1.02. The molecule has 0 spiro atoms. The maximum absolute atomic E-state index is 11.7. The molecule has 2 rings (SSSR count). The fourth-order valence-corrected chi connectivity index (χ4v) is 2.64. The molecular formula is C11H16O. The van der Waals surface area contributed by atoms with Crippen molar-refractivity contribution in [3.63, 3.8) is 0 Å². The predicted octanol–water partition coefficient (Wildman–Crippen LogP) is 2.71. The van der Waals surface area contributed by atoms with Gasteiger partial charge in [-0.2, -0.15) is 0 Å². The minimum absolute atomic E-state index is 0.00694. The molecule has 0 aliphatic heterocycles. The van der Waals surface area contributed by atoms with E-state index in [4.69, 9.17) is 0 Å². The van der Waals surface area contributed by atoms with E-state index in [2.05, 4.69) is 13.0 Å². The largest absolute Gasteiger partial charge is 0.294 e. The van der Waals surface area contributed by atoms with Crippen molar-refractivity contribution in [3.05, 3.63) is 12.2 Å². The molecule has 0 bridgehead atoms. The van der Waals surface area contributed by atoms with Crippen molar-refractivity contribution in [2.75, 3.05) is 0 Å². The summed E-state index contributed by atoms with van der Waals surface area (Å²) >= 11 is 0. The highest BCUT2D eigenvalue weighted by atomic mass is 16.1. The third-order valence-corrected chi connectivity index (χ3v) is 3.65. The molecule has 2 aliphatic carbocycles. The predicted molar refractivity (Wildman–Crippen MR) is 48.8 cm³/mol. The Labute approximate surface area is 73.8 Å². The van der Waals surface area contributed by atoms with E-state index in [9.17, 15) is 4.79 Å². The number of carbonyl (C=O) groups excluding carboxylic acids is 1. The molecule has 2 aliphatic rings. The minimum Gasteiger partial charge on any atom is -0.294 e. The van der Waals surface area contributed by atoms with Gasteiger partial charge in [-0.25, -0.2) is 0 Å². The highest BCUT2D eigenvalue weighted by molar-refractivity contribution is 5.95. The summed E-state index contributed by atoms with van der Waals surface area (Å²) in [6.07, 6.45) is 9.91. The molecule has 0 saturated heterocycles. The third kappa shape index (κ3) is 1.03. The van der Waals surface area contributed by atoms with Crippen LogP contribution < -0.4 is 0 Å². The van der Waals surface area contributed by atoms with Gasteiger partial charge in [0.1, 0.15) is 0 Å². The van der Waals surface area contributed by atoms with Crippen LogP contribution >= 0.6 is 0 Å². The van der Waals surface area contributed by atoms with Gasteiger partial charge in [0.15, 0.2) is 5.78 Å². The smallest absolute Gasteiger partial charge is 0.161 e. The number of carbonyl (C=O) groups is 1. The van der Waals surface area contributed by atoms with Gasteiger partial charge in [0, 0.05) is 5.41 Å². The average Bonchev–Trinajstić information content (AvgIpc) is 2.07. The zero-order valence-corrected chi connectivity index (χ0v) is 7.68. The van der Waals surface area contributed by atoms with Crippen LogP contribution in [-0.2, 0) is 4.79 Å². The Morgan fingerprint density at radius 2 is 2.33 bits per heavy atom. The van der Waals surface area contributed by atoms with Gasteiger partial charge < -0.3 is 0 Å². The van der Waals surface area contributed by atoms with E-state index in [1.165, 1.54) is 19.3 Å². The van der Waals surface area contributed by atoms with Gasteiger partial charge in [0.2, 0.25) is 0 Å². The van der Waals surface area contributed by atoms with Crippen molar-refractivity contribution in [1.82, 2.24) is 0 Å². The van der Waals surface area contributed by atoms with Crippen molar-refractivity contribution < 1.29 is 4.79 Å². The zero-order valence-electron chi connectivity index (χ0n) is 7.68. The second-order valence-corrected chi connectivity index (χ2v) is 4.36. The maximum Gasteiger partial charge on any atom is 0.161 e. The quantitative estimate of drug-likeness (QED) is 0.538. The van der Waals surface area contributed by atoms with Gasteiger partial charge in [-0.1, -0.05) is 25.8 Å². The fourth-order valence-electron chi connectivity index (χ4n) is 2.64. The van der Waals surface area contributed by atoms with Crippen molar-refractivity contribution in [2.24, 2.45) is 11.3 Å². The lowest BCUT2D eigenvalue weighted by molar-refractivity contribution is -0.128. The SMILES string of the molecule is CC12CCCCC1CC=CC2=O. The van der Waals surface area contributed by atoms with Crippen LogP contribution in [0.5, 0.6) is 0 Å². The Hall–Kier alpha value is -0.590. The monoisotopic (exact) mass is 164 g/mol.